The molecule has 2 amide bonds. The summed E-state index contributed by atoms with van der Waals surface area (Å²) in [6.07, 6.45) is 3.81. The summed E-state index contributed by atoms with van der Waals surface area (Å²) < 4.78 is 16.1. The number of nitrogens with zero attached hydrogens (tertiary/aromatic N) is 2. The SMILES string of the molecule is COc1ccc(CN(C(=O)Cc2ccc(OC)c(OC)c2)[C@@H](Cc2ccccc2)C(=O)NCc2ccncc2)cc1. The second kappa shape index (κ2) is 14.5. The van der Waals surface area contributed by atoms with Gasteiger partial charge in [0.15, 0.2) is 11.5 Å². The number of methoxy groups -OCH3 is 3. The van der Waals surface area contributed by atoms with Gasteiger partial charge >= 0.3 is 0 Å². The number of rotatable bonds is 13. The maximum atomic E-state index is 14.0. The van der Waals surface area contributed by atoms with E-state index in [1.807, 2.05) is 72.8 Å². The first kappa shape index (κ1) is 29.1. The molecule has 41 heavy (non-hydrogen) atoms. The summed E-state index contributed by atoms with van der Waals surface area (Å²) in [5, 5.41) is 3.04. The number of hydrogen-bond donors (Lipinski definition) is 1. The Morgan fingerprint density at radius 1 is 0.756 bits per heavy atom. The van der Waals surface area contributed by atoms with E-state index in [1.165, 1.54) is 0 Å². The van der Waals surface area contributed by atoms with Crippen LogP contribution in [0.15, 0.2) is 97.3 Å². The van der Waals surface area contributed by atoms with Gasteiger partial charge in [-0.15, -0.1) is 0 Å². The van der Waals surface area contributed by atoms with Crippen molar-refractivity contribution in [1.29, 1.82) is 0 Å². The normalized spacial score (nSPS) is 11.3. The molecule has 0 radical (unpaired) electrons. The van der Waals surface area contributed by atoms with Crippen LogP contribution in [-0.2, 0) is 35.5 Å². The molecule has 0 fully saturated rings. The molecule has 4 aromatic rings. The minimum Gasteiger partial charge on any atom is -0.497 e. The Kier molecular flexibility index (Phi) is 10.3. The Hall–Kier alpha value is -4.85. The molecule has 8 nitrogen and oxygen atoms in total. The van der Waals surface area contributed by atoms with Crippen LogP contribution in [0, 0.1) is 0 Å². The fraction of sp³-hybridized carbons (Fsp3) is 0.242. The summed E-state index contributed by atoms with van der Waals surface area (Å²) in [7, 11) is 4.73. The molecule has 0 aliphatic heterocycles. The summed E-state index contributed by atoms with van der Waals surface area (Å²) >= 11 is 0. The monoisotopic (exact) mass is 553 g/mol. The summed E-state index contributed by atoms with van der Waals surface area (Å²) in [6, 6.07) is 25.6. The highest BCUT2D eigenvalue weighted by molar-refractivity contribution is 5.89. The first-order valence-corrected chi connectivity index (χ1v) is 13.3. The number of benzene rings is 3. The fourth-order valence-electron chi connectivity index (χ4n) is 4.56. The van der Waals surface area contributed by atoms with Crippen molar-refractivity contribution in [3.63, 3.8) is 0 Å². The first-order valence-electron chi connectivity index (χ1n) is 13.3. The predicted molar refractivity (Wildman–Crippen MR) is 157 cm³/mol. The molecule has 0 saturated heterocycles. The lowest BCUT2D eigenvalue weighted by Gasteiger charge is -2.32. The van der Waals surface area contributed by atoms with Crippen molar-refractivity contribution in [2.24, 2.45) is 0 Å². The number of amides is 2. The Labute approximate surface area is 240 Å². The third-order valence-corrected chi connectivity index (χ3v) is 6.80. The van der Waals surface area contributed by atoms with Gasteiger partial charge in [-0.05, 0) is 58.7 Å². The smallest absolute Gasteiger partial charge is 0.243 e. The van der Waals surface area contributed by atoms with Gasteiger partial charge in [-0.1, -0.05) is 48.5 Å². The summed E-state index contributed by atoms with van der Waals surface area (Å²) in [6.45, 7) is 0.573. The Morgan fingerprint density at radius 2 is 1.44 bits per heavy atom. The topological polar surface area (TPSA) is 90.0 Å². The molecule has 4 rings (SSSR count). The third kappa shape index (κ3) is 8.08. The standard InChI is InChI=1S/C33H35N3O5/c1-39-28-12-9-26(10-13-28)23-36(32(37)21-27-11-14-30(40-2)31(20-27)41-3)29(19-24-7-5-4-6-8-24)33(38)35-22-25-15-17-34-18-16-25/h4-18,20,29H,19,21-23H2,1-3H3,(H,35,38)/t29-/m0/s1. The van der Waals surface area contributed by atoms with Crippen molar-refractivity contribution in [1.82, 2.24) is 15.2 Å². The van der Waals surface area contributed by atoms with Crippen LogP contribution in [0.25, 0.3) is 0 Å². The highest BCUT2D eigenvalue weighted by Crippen LogP contribution is 2.28. The molecule has 1 aromatic heterocycles. The van der Waals surface area contributed by atoms with Crippen molar-refractivity contribution in [2.45, 2.75) is 32.0 Å². The van der Waals surface area contributed by atoms with E-state index in [1.54, 1.807) is 50.8 Å². The van der Waals surface area contributed by atoms with Gasteiger partial charge in [0.05, 0.1) is 27.8 Å². The van der Waals surface area contributed by atoms with Crippen molar-refractivity contribution in [2.75, 3.05) is 21.3 Å². The maximum absolute atomic E-state index is 14.0. The van der Waals surface area contributed by atoms with E-state index >= 15 is 0 Å². The molecule has 1 N–H and O–H groups in total. The van der Waals surface area contributed by atoms with Crippen molar-refractivity contribution in [3.05, 3.63) is 120 Å². The van der Waals surface area contributed by atoms with Gasteiger partial charge in [0.25, 0.3) is 0 Å². The fourth-order valence-corrected chi connectivity index (χ4v) is 4.56. The lowest BCUT2D eigenvalue weighted by Crippen LogP contribution is -2.50. The highest BCUT2D eigenvalue weighted by atomic mass is 16.5. The van der Waals surface area contributed by atoms with Crippen LogP contribution < -0.4 is 19.5 Å². The van der Waals surface area contributed by atoms with Crippen LogP contribution in [-0.4, -0.2) is 49.1 Å². The minimum atomic E-state index is -0.756. The lowest BCUT2D eigenvalue weighted by molar-refractivity contribution is -0.140. The van der Waals surface area contributed by atoms with Gasteiger partial charge in [0, 0.05) is 31.9 Å². The van der Waals surface area contributed by atoms with Gasteiger partial charge in [-0.2, -0.15) is 0 Å². The molecule has 1 heterocycles. The number of aromatic nitrogens is 1. The Balaban J connectivity index is 1.66. The predicted octanol–water partition coefficient (Wildman–Crippen LogP) is 4.61. The van der Waals surface area contributed by atoms with Crippen molar-refractivity contribution in [3.8, 4) is 17.2 Å². The third-order valence-electron chi connectivity index (χ3n) is 6.80. The first-order chi connectivity index (χ1) is 20.0. The van der Waals surface area contributed by atoms with Gasteiger partial charge in [-0.25, -0.2) is 0 Å². The number of hydrogen-bond acceptors (Lipinski definition) is 6. The number of nitrogens with one attached hydrogen (secondary N) is 1. The Morgan fingerprint density at radius 3 is 2.10 bits per heavy atom. The van der Waals surface area contributed by atoms with E-state index in [2.05, 4.69) is 10.3 Å². The lowest BCUT2D eigenvalue weighted by atomic mass is 10.0. The van der Waals surface area contributed by atoms with E-state index in [4.69, 9.17) is 14.2 Å². The number of carbonyl (C=O) groups excluding carboxylic acids is 2. The molecule has 0 bridgehead atoms. The summed E-state index contributed by atoms with van der Waals surface area (Å²) in [4.78, 5) is 33.6. The van der Waals surface area contributed by atoms with Crippen LogP contribution in [0.4, 0.5) is 0 Å². The van der Waals surface area contributed by atoms with Gasteiger partial charge in [-0.3, -0.25) is 14.6 Å². The number of ether oxygens (including phenoxy) is 3. The Bertz CT molecular complexity index is 1410. The maximum Gasteiger partial charge on any atom is 0.243 e. The van der Waals surface area contributed by atoms with Crippen molar-refractivity contribution < 1.29 is 23.8 Å². The van der Waals surface area contributed by atoms with Crippen LogP contribution in [0.5, 0.6) is 17.2 Å². The van der Waals surface area contributed by atoms with Crippen LogP contribution in [0.1, 0.15) is 22.3 Å². The van der Waals surface area contributed by atoms with Gasteiger partial charge in [0.2, 0.25) is 11.8 Å². The molecule has 0 aliphatic rings. The molecule has 8 heteroatoms. The number of pyridine rings is 1. The van der Waals surface area contributed by atoms with Crippen molar-refractivity contribution >= 4 is 11.8 Å². The zero-order valence-electron chi connectivity index (χ0n) is 23.6. The molecular weight excluding hydrogens is 518 g/mol. The van der Waals surface area contributed by atoms with Crippen LogP contribution >= 0.6 is 0 Å². The van der Waals surface area contributed by atoms with E-state index in [-0.39, 0.29) is 24.8 Å². The molecule has 3 aromatic carbocycles. The molecule has 0 aliphatic carbocycles. The molecule has 0 saturated carbocycles. The zero-order chi connectivity index (χ0) is 29.0. The average Bonchev–Trinajstić information content (AvgIpc) is 3.02. The molecule has 212 valence electrons. The number of carbonyl (C=O) groups is 2. The van der Waals surface area contributed by atoms with Gasteiger partial charge in [0.1, 0.15) is 11.8 Å². The average molecular weight is 554 g/mol. The van der Waals surface area contributed by atoms with Gasteiger partial charge < -0.3 is 24.4 Å². The molecule has 0 spiro atoms. The van der Waals surface area contributed by atoms with E-state index in [0.29, 0.717) is 30.2 Å². The molecule has 1 atom stereocenters. The van der Waals surface area contributed by atoms with Crippen LogP contribution in [0.2, 0.25) is 0 Å². The van der Waals surface area contributed by atoms with E-state index in [9.17, 15) is 9.59 Å². The summed E-state index contributed by atoms with van der Waals surface area (Å²) in [5.41, 5.74) is 3.51. The van der Waals surface area contributed by atoms with Crippen LogP contribution in [0.3, 0.4) is 0 Å². The second-order valence-electron chi connectivity index (χ2n) is 9.51. The molecular formula is C33H35N3O5. The quantitative estimate of drug-likeness (QED) is 0.260. The molecule has 0 unspecified atom stereocenters. The largest absolute Gasteiger partial charge is 0.497 e. The van der Waals surface area contributed by atoms with E-state index < -0.39 is 6.04 Å². The zero-order valence-corrected chi connectivity index (χ0v) is 23.6. The highest BCUT2D eigenvalue weighted by Gasteiger charge is 2.30. The second-order valence-corrected chi connectivity index (χ2v) is 9.51. The summed E-state index contributed by atoms with van der Waals surface area (Å²) in [5.74, 6) is 1.41. The minimum absolute atomic E-state index is 0.0828. The van der Waals surface area contributed by atoms with E-state index in [0.717, 1.165) is 22.3 Å².